The average Bonchev–Trinajstić information content (AvgIpc) is 3.04. The van der Waals surface area contributed by atoms with E-state index in [1.807, 2.05) is 6.07 Å². The highest BCUT2D eigenvalue weighted by Gasteiger charge is 2.26. The topological polar surface area (TPSA) is 74.5 Å². The third kappa shape index (κ3) is 3.50. The molecule has 0 N–H and O–H groups in total. The van der Waals surface area contributed by atoms with Gasteiger partial charge in [-0.2, -0.15) is 0 Å². The number of thioether (sulfide) groups is 1. The monoisotopic (exact) mass is 334 g/mol. The van der Waals surface area contributed by atoms with Crippen molar-refractivity contribution < 1.29 is 18.7 Å². The second kappa shape index (κ2) is 7.04. The largest absolute Gasteiger partial charge is 0.497 e. The molecule has 1 aliphatic rings. The Hall–Kier alpha value is -2.02. The number of aromatic nitrogens is 2. The van der Waals surface area contributed by atoms with Gasteiger partial charge in [0.15, 0.2) is 0 Å². The van der Waals surface area contributed by atoms with E-state index in [0.717, 1.165) is 19.3 Å². The molecular weight excluding hydrogens is 316 g/mol. The van der Waals surface area contributed by atoms with Gasteiger partial charge in [-0.15, -0.1) is 10.2 Å². The number of benzene rings is 1. The van der Waals surface area contributed by atoms with Gasteiger partial charge in [0.1, 0.15) is 17.3 Å². The Morgan fingerprint density at radius 3 is 2.83 bits per heavy atom. The average molecular weight is 334 g/mol. The van der Waals surface area contributed by atoms with E-state index in [9.17, 15) is 4.79 Å². The maximum Gasteiger partial charge on any atom is 0.277 e. The van der Waals surface area contributed by atoms with Crippen LogP contribution >= 0.6 is 11.8 Å². The molecule has 0 spiro atoms. The summed E-state index contributed by atoms with van der Waals surface area (Å²) in [4.78, 5) is 11.9. The summed E-state index contributed by atoms with van der Waals surface area (Å²) in [7, 11) is 3.17. The van der Waals surface area contributed by atoms with Crippen molar-refractivity contribution in [3.8, 4) is 23.0 Å². The molecule has 1 heterocycles. The van der Waals surface area contributed by atoms with Crippen molar-refractivity contribution in [2.75, 3.05) is 14.2 Å². The Balaban J connectivity index is 1.80. The number of hydrogen-bond donors (Lipinski definition) is 0. The summed E-state index contributed by atoms with van der Waals surface area (Å²) in [6, 6.07) is 5.38. The molecule has 1 aromatic heterocycles. The lowest BCUT2D eigenvalue weighted by molar-refractivity contribution is -0.119. The molecule has 2 aromatic rings. The molecule has 1 aromatic carbocycles. The van der Waals surface area contributed by atoms with Crippen LogP contribution in [0.1, 0.15) is 25.7 Å². The van der Waals surface area contributed by atoms with Gasteiger partial charge in [0.05, 0.1) is 25.0 Å². The molecule has 6 nitrogen and oxygen atoms in total. The lowest BCUT2D eigenvalue weighted by atomic mass is 9.99. The fourth-order valence-electron chi connectivity index (χ4n) is 2.54. The van der Waals surface area contributed by atoms with Crippen LogP contribution in [0.15, 0.2) is 27.8 Å². The number of carbonyl (C=O) groups excluding carboxylic acids is 1. The number of methoxy groups -OCH3 is 2. The number of nitrogens with zero attached hydrogens (tertiary/aromatic N) is 2. The molecular formula is C16H18N2O4S. The van der Waals surface area contributed by atoms with Gasteiger partial charge >= 0.3 is 0 Å². The van der Waals surface area contributed by atoms with Gasteiger partial charge in [0.25, 0.3) is 11.1 Å². The summed E-state index contributed by atoms with van der Waals surface area (Å²) < 4.78 is 16.2. The van der Waals surface area contributed by atoms with E-state index in [-0.39, 0.29) is 11.0 Å². The van der Waals surface area contributed by atoms with Gasteiger partial charge in [0, 0.05) is 12.5 Å². The van der Waals surface area contributed by atoms with Crippen molar-refractivity contribution in [2.24, 2.45) is 0 Å². The number of ketones is 1. The third-order valence-corrected chi connectivity index (χ3v) is 4.94. The van der Waals surface area contributed by atoms with Crippen molar-refractivity contribution in [1.29, 1.82) is 0 Å². The minimum absolute atomic E-state index is 0.0742. The number of rotatable bonds is 5. The zero-order chi connectivity index (χ0) is 16.2. The van der Waals surface area contributed by atoms with E-state index >= 15 is 0 Å². The Morgan fingerprint density at radius 1 is 1.22 bits per heavy atom. The molecule has 1 aliphatic carbocycles. The van der Waals surface area contributed by atoms with E-state index in [4.69, 9.17) is 13.9 Å². The number of carbonyl (C=O) groups is 1. The van der Waals surface area contributed by atoms with Gasteiger partial charge in [-0.3, -0.25) is 4.79 Å². The summed E-state index contributed by atoms with van der Waals surface area (Å²) in [5, 5.41) is 8.46. The van der Waals surface area contributed by atoms with Crippen LogP contribution in [-0.4, -0.2) is 35.5 Å². The molecule has 3 rings (SSSR count). The highest BCUT2D eigenvalue weighted by Crippen LogP contribution is 2.36. The van der Waals surface area contributed by atoms with Crippen LogP contribution in [0.4, 0.5) is 0 Å². The van der Waals surface area contributed by atoms with Gasteiger partial charge in [-0.25, -0.2) is 0 Å². The predicted octanol–water partition coefficient (Wildman–Crippen LogP) is 3.36. The van der Waals surface area contributed by atoms with Crippen molar-refractivity contribution in [3.05, 3.63) is 18.2 Å². The second-order valence-electron chi connectivity index (χ2n) is 5.26. The van der Waals surface area contributed by atoms with E-state index in [1.54, 1.807) is 26.4 Å². The number of Topliss-reactive ketones (excluding diaryl/α,β-unsaturated/α-hetero) is 1. The SMILES string of the molecule is COc1ccc(-c2nnc(S[C@H]3CCCCC3=O)o2)c(OC)c1. The fourth-order valence-corrected chi connectivity index (χ4v) is 3.53. The van der Waals surface area contributed by atoms with E-state index in [1.165, 1.54) is 11.8 Å². The molecule has 23 heavy (non-hydrogen) atoms. The van der Waals surface area contributed by atoms with Crippen molar-refractivity contribution in [2.45, 2.75) is 36.2 Å². The van der Waals surface area contributed by atoms with Crippen LogP contribution in [0.3, 0.4) is 0 Å². The van der Waals surface area contributed by atoms with Crippen LogP contribution in [0, 0.1) is 0 Å². The van der Waals surface area contributed by atoms with E-state index < -0.39 is 0 Å². The molecule has 0 amide bonds. The van der Waals surface area contributed by atoms with Crippen molar-refractivity contribution in [3.63, 3.8) is 0 Å². The first-order chi connectivity index (χ1) is 11.2. The molecule has 0 saturated heterocycles. The fraction of sp³-hybridized carbons (Fsp3) is 0.438. The summed E-state index contributed by atoms with van der Waals surface area (Å²) in [5.41, 5.74) is 0.697. The Bertz CT molecular complexity index is 701. The molecule has 0 bridgehead atoms. The summed E-state index contributed by atoms with van der Waals surface area (Å²) >= 11 is 1.35. The summed E-state index contributed by atoms with van der Waals surface area (Å²) in [6.07, 6.45) is 3.56. The first kappa shape index (κ1) is 15.9. The summed E-state index contributed by atoms with van der Waals surface area (Å²) in [5.74, 6) is 1.92. The van der Waals surface area contributed by atoms with Crippen molar-refractivity contribution >= 4 is 17.5 Å². The molecule has 1 fully saturated rings. The van der Waals surface area contributed by atoms with Crippen LogP contribution in [0.2, 0.25) is 0 Å². The minimum atomic E-state index is -0.0742. The normalized spacial score (nSPS) is 18.0. The number of ether oxygens (including phenoxy) is 2. The summed E-state index contributed by atoms with van der Waals surface area (Å²) in [6.45, 7) is 0. The highest BCUT2D eigenvalue weighted by atomic mass is 32.2. The Kier molecular flexibility index (Phi) is 4.85. The van der Waals surface area contributed by atoms with Crippen LogP contribution in [0.5, 0.6) is 11.5 Å². The molecule has 0 unspecified atom stereocenters. The Morgan fingerprint density at radius 2 is 2.09 bits per heavy atom. The molecule has 0 radical (unpaired) electrons. The lowest BCUT2D eigenvalue weighted by Crippen LogP contribution is -2.21. The van der Waals surface area contributed by atoms with Crippen molar-refractivity contribution in [1.82, 2.24) is 10.2 Å². The number of hydrogen-bond acceptors (Lipinski definition) is 7. The minimum Gasteiger partial charge on any atom is -0.497 e. The molecule has 122 valence electrons. The molecule has 1 atom stereocenters. The highest BCUT2D eigenvalue weighted by molar-refractivity contribution is 8.00. The van der Waals surface area contributed by atoms with Gasteiger partial charge < -0.3 is 13.9 Å². The maximum atomic E-state index is 11.9. The van der Waals surface area contributed by atoms with E-state index in [2.05, 4.69) is 10.2 Å². The van der Waals surface area contributed by atoms with Crippen LogP contribution in [0.25, 0.3) is 11.5 Å². The lowest BCUT2D eigenvalue weighted by Gasteiger charge is -2.17. The molecule has 1 saturated carbocycles. The second-order valence-corrected chi connectivity index (χ2v) is 6.41. The molecule has 0 aliphatic heterocycles. The van der Waals surface area contributed by atoms with Gasteiger partial charge in [0.2, 0.25) is 0 Å². The molecule has 7 heteroatoms. The predicted molar refractivity (Wildman–Crippen MR) is 86.0 cm³/mol. The van der Waals surface area contributed by atoms with Gasteiger partial charge in [-0.1, -0.05) is 18.2 Å². The third-order valence-electron chi connectivity index (χ3n) is 3.79. The first-order valence-electron chi connectivity index (χ1n) is 7.46. The van der Waals surface area contributed by atoms with Crippen LogP contribution < -0.4 is 9.47 Å². The zero-order valence-corrected chi connectivity index (χ0v) is 13.9. The Labute approximate surface area is 138 Å². The van der Waals surface area contributed by atoms with Crippen LogP contribution in [-0.2, 0) is 4.79 Å². The standard InChI is InChI=1S/C16H18N2O4S/c1-20-10-7-8-11(13(9-10)21-2)15-17-18-16(22-15)23-14-6-4-3-5-12(14)19/h7-9,14H,3-6H2,1-2H3/t14-/m0/s1. The first-order valence-corrected chi connectivity index (χ1v) is 8.34. The van der Waals surface area contributed by atoms with E-state index in [0.29, 0.717) is 34.6 Å². The quantitative estimate of drug-likeness (QED) is 0.830. The zero-order valence-electron chi connectivity index (χ0n) is 13.1. The maximum absolute atomic E-state index is 11.9. The smallest absolute Gasteiger partial charge is 0.277 e. The van der Waals surface area contributed by atoms with Gasteiger partial charge in [-0.05, 0) is 25.0 Å².